The number of carbonyl (C=O) groups excluding carboxylic acids is 3. The first-order chi connectivity index (χ1) is 26.2. The monoisotopic (exact) mass is 727 g/mol. The van der Waals surface area contributed by atoms with Crippen LogP contribution in [0.5, 0.6) is 0 Å². The summed E-state index contributed by atoms with van der Waals surface area (Å²) in [5, 5.41) is 22.4. The highest BCUT2D eigenvalue weighted by Crippen LogP contribution is 2.28. The number of aromatic amines is 1. The number of guanidine groups is 1. The molecule has 54 heavy (non-hydrogen) atoms. The molecule has 1 aliphatic heterocycles. The van der Waals surface area contributed by atoms with E-state index in [-0.39, 0.29) is 35.6 Å². The minimum Gasteiger partial charge on any atom is -0.370 e. The van der Waals surface area contributed by atoms with Gasteiger partial charge in [0.25, 0.3) is 0 Å². The highest BCUT2D eigenvalue weighted by atomic mass is 16.2. The second-order valence-corrected chi connectivity index (χ2v) is 13.9. The lowest BCUT2D eigenvalue weighted by Crippen LogP contribution is -2.56. The molecule has 0 bridgehead atoms. The molecule has 3 amide bonds. The Balaban J connectivity index is 1.32. The molecule has 0 aliphatic carbocycles. The maximum absolute atomic E-state index is 14.6. The van der Waals surface area contributed by atoms with Crippen LogP contribution >= 0.6 is 0 Å². The van der Waals surface area contributed by atoms with Gasteiger partial charge in [0.05, 0.1) is 24.3 Å². The van der Waals surface area contributed by atoms with Crippen molar-refractivity contribution in [2.75, 3.05) is 19.6 Å². The fraction of sp³-hybridized carbons (Fsp3) is 0.310. The van der Waals surface area contributed by atoms with Gasteiger partial charge in [0.2, 0.25) is 17.7 Å². The highest BCUT2D eigenvalue weighted by molar-refractivity contribution is 5.88. The smallest absolute Gasteiger partial charge is 0.249 e. The van der Waals surface area contributed by atoms with Gasteiger partial charge >= 0.3 is 0 Å². The number of hydrogen-bond donors (Lipinski definition) is 7. The second-order valence-electron chi connectivity index (χ2n) is 13.9. The largest absolute Gasteiger partial charge is 0.370 e. The first-order valence-corrected chi connectivity index (χ1v) is 18.5. The van der Waals surface area contributed by atoms with Gasteiger partial charge in [0.15, 0.2) is 5.96 Å². The van der Waals surface area contributed by atoms with Crippen LogP contribution in [-0.2, 0) is 20.8 Å². The summed E-state index contributed by atoms with van der Waals surface area (Å²) in [5.74, 6) is -0.914. The first kappa shape index (κ1) is 37.7. The zero-order chi connectivity index (χ0) is 37.9. The molecular formula is C42H49N9O3. The van der Waals surface area contributed by atoms with Gasteiger partial charge in [-0.05, 0) is 53.1 Å². The Morgan fingerprint density at radius 1 is 0.944 bits per heavy atom. The molecule has 12 nitrogen and oxygen atoms in total. The van der Waals surface area contributed by atoms with Crippen LogP contribution in [0.2, 0.25) is 0 Å². The molecule has 0 radical (unpaired) electrons. The second kappa shape index (κ2) is 18.2. The van der Waals surface area contributed by atoms with E-state index in [9.17, 15) is 14.4 Å². The summed E-state index contributed by atoms with van der Waals surface area (Å²) in [6.07, 6.45) is 5.13. The molecule has 6 rings (SSSR count). The molecule has 2 heterocycles. The summed E-state index contributed by atoms with van der Waals surface area (Å²) in [7, 11) is 0. The number of nitrogens with zero attached hydrogens (tertiary/aromatic N) is 2. The summed E-state index contributed by atoms with van der Waals surface area (Å²) in [6, 6.07) is 32.6. The average Bonchev–Trinajstić information content (AvgIpc) is 3.67. The molecule has 0 spiro atoms. The standard InChI is InChI=1S/C42H49N9O3/c1-28(52)48-39(38-25-45-27-47-38)40(53)50-37(24-29-18-19-30-11-8-9-16-33(30)23-29)35-20-22-51(41(54)36(49-35)17-10-21-46-42(43)44)26-34(31-12-4-2-5-13-31)32-14-6-3-7-15-32/h2-9,11-16,18-19,23,25,27,34-37,39,49H,10,17,20-22,24,26H2,1H3,(H,45,47)(H,48,52)(H,50,53)(H4,43,44,46)/t35-,36-,37-,39?/m0/s1. The fourth-order valence-electron chi connectivity index (χ4n) is 7.36. The predicted octanol–water partition coefficient (Wildman–Crippen LogP) is 4.12. The van der Waals surface area contributed by atoms with E-state index in [1.54, 1.807) is 0 Å². The Bertz CT molecular complexity index is 1970. The van der Waals surface area contributed by atoms with Crippen LogP contribution in [0.15, 0.2) is 116 Å². The SMILES string of the molecule is CC(=O)NC(C(=O)N[C@@H](Cc1ccc2ccccc2c1)[C@@H]1CCN(CC(c2ccccc2)c2ccccc2)C(=O)[C@H](CCCNC(=N)N)N1)c1cnc[nH]1. The third-order valence-corrected chi connectivity index (χ3v) is 10.0. The zero-order valence-electron chi connectivity index (χ0n) is 30.5. The Kier molecular flexibility index (Phi) is 12.7. The van der Waals surface area contributed by atoms with Crippen LogP contribution in [0, 0.1) is 5.41 Å². The van der Waals surface area contributed by atoms with E-state index < -0.39 is 18.1 Å². The fourth-order valence-corrected chi connectivity index (χ4v) is 7.36. The van der Waals surface area contributed by atoms with Gasteiger partial charge in [-0.3, -0.25) is 19.8 Å². The van der Waals surface area contributed by atoms with Crippen LogP contribution in [0.4, 0.5) is 0 Å². The number of amides is 3. The molecule has 280 valence electrons. The van der Waals surface area contributed by atoms with Crippen molar-refractivity contribution >= 4 is 34.5 Å². The van der Waals surface area contributed by atoms with E-state index in [4.69, 9.17) is 11.1 Å². The normalized spacial score (nSPS) is 17.1. The summed E-state index contributed by atoms with van der Waals surface area (Å²) in [6.45, 7) is 2.77. The topological polar surface area (TPSA) is 181 Å². The molecule has 4 atom stereocenters. The lowest BCUT2D eigenvalue weighted by Gasteiger charge is -2.31. The number of hydrogen-bond acceptors (Lipinski definition) is 6. The summed E-state index contributed by atoms with van der Waals surface area (Å²) < 4.78 is 0. The van der Waals surface area contributed by atoms with Gasteiger partial charge in [-0.2, -0.15) is 0 Å². The molecular weight excluding hydrogens is 679 g/mol. The number of H-pyrrole nitrogens is 1. The summed E-state index contributed by atoms with van der Waals surface area (Å²) in [5.41, 5.74) is 9.30. The van der Waals surface area contributed by atoms with Gasteiger partial charge in [-0.1, -0.05) is 103 Å². The number of benzene rings is 4. The molecule has 1 unspecified atom stereocenters. The minimum atomic E-state index is -0.987. The molecule has 1 aliphatic rings. The molecule has 5 aromatic rings. The van der Waals surface area contributed by atoms with Crippen molar-refractivity contribution in [2.45, 2.75) is 62.7 Å². The Hall–Kier alpha value is -6.01. The van der Waals surface area contributed by atoms with Gasteiger partial charge in [-0.25, -0.2) is 4.98 Å². The maximum atomic E-state index is 14.6. The number of nitrogens with one attached hydrogen (secondary N) is 6. The lowest BCUT2D eigenvalue weighted by molar-refractivity contribution is -0.133. The van der Waals surface area contributed by atoms with Gasteiger partial charge < -0.3 is 36.9 Å². The third-order valence-electron chi connectivity index (χ3n) is 10.0. The third kappa shape index (κ3) is 9.90. The van der Waals surface area contributed by atoms with Crippen LogP contribution in [0.25, 0.3) is 10.8 Å². The van der Waals surface area contributed by atoms with Crippen LogP contribution < -0.4 is 27.0 Å². The number of fused-ring (bicyclic) bond motifs is 1. The first-order valence-electron chi connectivity index (χ1n) is 18.5. The molecule has 12 heteroatoms. The molecule has 4 aromatic carbocycles. The molecule has 1 fully saturated rings. The number of imidazole rings is 1. The Morgan fingerprint density at radius 3 is 2.28 bits per heavy atom. The van der Waals surface area contributed by atoms with E-state index in [0.29, 0.717) is 51.0 Å². The Morgan fingerprint density at radius 2 is 1.63 bits per heavy atom. The number of rotatable bonds is 15. The van der Waals surface area contributed by atoms with E-state index >= 15 is 0 Å². The van der Waals surface area contributed by atoms with Crippen LogP contribution in [0.1, 0.15) is 60.5 Å². The number of nitrogens with two attached hydrogens (primary N) is 1. The van der Waals surface area contributed by atoms with Crippen molar-refractivity contribution in [2.24, 2.45) is 5.73 Å². The maximum Gasteiger partial charge on any atom is 0.249 e. The number of carbonyl (C=O) groups is 3. The molecule has 0 saturated carbocycles. The van der Waals surface area contributed by atoms with Crippen molar-refractivity contribution in [3.05, 3.63) is 138 Å². The average molecular weight is 728 g/mol. The van der Waals surface area contributed by atoms with E-state index in [2.05, 4.69) is 85.8 Å². The molecule has 1 aromatic heterocycles. The van der Waals surface area contributed by atoms with E-state index in [0.717, 1.165) is 27.5 Å². The van der Waals surface area contributed by atoms with Gasteiger partial charge in [0, 0.05) is 44.6 Å². The number of aromatic nitrogens is 2. The van der Waals surface area contributed by atoms with Crippen molar-refractivity contribution in [3.8, 4) is 0 Å². The van der Waals surface area contributed by atoms with Crippen molar-refractivity contribution < 1.29 is 14.4 Å². The summed E-state index contributed by atoms with van der Waals surface area (Å²) >= 11 is 0. The lowest BCUT2D eigenvalue weighted by atomic mass is 9.90. The van der Waals surface area contributed by atoms with Crippen molar-refractivity contribution in [1.82, 2.24) is 36.1 Å². The molecule has 8 N–H and O–H groups in total. The minimum absolute atomic E-state index is 0.0125. The zero-order valence-corrected chi connectivity index (χ0v) is 30.5. The predicted molar refractivity (Wildman–Crippen MR) is 211 cm³/mol. The van der Waals surface area contributed by atoms with E-state index in [1.807, 2.05) is 53.4 Å². The van der Waals surface area contributed by atoms with Gasteiger partial charge in [0.1, 0.15) is 6.04 Å². The Labute approximate surface area is 315 Å². The van der Waals surface area contributed by atoms with Crippen molar-refractivity contribution in [3.63, 3.8) is 0 Å². The van der Waals surface area contributed by atoms with Crippen molar-refractivity contribution in [1.29, 1.82) is 5.41 Å². The van der Waals surface area contributed by atoms with Crippen LogP contribution in [-0.4, -0.2) is 76.3 Å². The van der Waals surface area contributed by atoms with Crippen LogP contribution in [0.3, 0.4) is 0 Å². The highest BCUT2D eigenvalue weighted by Gasteiger charge is 2.37. The van der Waals surface area contributed by atoms with E-state index in [1.165, 1.54) is 19.4 Å². The quantitative estimate of drug-likeness (QED) is 0.0481. The summed E-state index contributed by atoms with van der Waals surface area (Å²) in [4.78, 5) is 50.0. The van der Waals surface area contributed by atoms with Gasteiger partial charge in [-0.15, -0.1) is 0 Å². The molecule has 1 saturated heterocycles.